The molecular weight excluding hydrogens is 553 g/mol. The van der Waals surface area contributed by atoms with Gasteiger partial charge in [-0.15, -0.1) is 11.7 Å². The van der Waals surface area contributed by atoms with Gasteiger partial charge in [0, 0.05) is 50.7 Å². The average molecular weight is 585 g/mol. The summed E-state index contributed by atoms with van der Waals surface area (Å²) in [6.07, 6.45) is 3.18. The third kappa shape index (κ3) is 5.55. The van der Waals surface area contributed by atoms with Crippen LogP contribution >= 0.6 is 23.2 Å². The monoisotopic (exact) mass is 583 g/mol. The Morgan fingerprint density at radius 3 is 2.45 bits per heavy atom. The Hall–Kier alpha value is -3.51. The Kier molecular flexibility index (Phi) is 8.09. The predicted octanol–water partition coefficient (Wildman–Crippen LogP) is 4.15. The summed E-state index contributed by atoms with van der Waals surface area (Å²) in [7, 11) is 2.09. The van der Waals surface area contributed by atoms with E-state index in [1.807, 2.05) is 13.8 Å². The molecule has 0 saturated carbocycles. The highest BCUT2D eigenvalue weighted by molar-refractivity contribution is 6.39. The van der Waals surface area contributed by atoms with Crippen LogP contribution in [0.3, 0.4) is 0 Å². The van der Waals surface area contributed by atoms with E-state index in [1.165, 1.54) is 16.9 Å². The summed E-state index contributed by atoms with van der Waals surface area (Å²) in [4.78, 5) is 39.0. The maximum atomic E-state index is 13.0. The van der Waals surface area contributed by atoms with Gasteiger partial charge in [-0.1, -0.05) is 29.3 Å². The first kappa shape index (κ1) is 28.0. The highest BCUT2D eigenvalue weighted by atomic mass is 35.5. The molecule has 2 aromatic heterocycles. The first-order valence-corrected chi connectivity index (χ1v) is 13.8. The highest BCUT2D eigenvalue weighted by Crippen LogP contribution is 2.38. The van der Waals surface area contributed by atoms with Crippen LogP contribution in [0.1, 0.15) is 30.2 Å². The molecule has 0 radical (unpaired) electrons. The number of carbonyl (C=O) groups excluding carboxylic acids is 1. The van der Waals surface area contributed by atoms with Crippen LogP contribution in [-0.2, 0) is 0 Å². The number of aromatic nitrogens is 4. The number of rotatable bonds is 7. The van der Waals surface area contributed by atoms with Gasteiger partial charge in [0.05, 0.1) is 33.9 Å². The lowest BCUT2D eigenvalue weighted by Gasteiger charge is -2.38. The second-order valence-electron chi connectivity index (χ2n) is 10.1. The van der Waals surface area contributed by atoms with E-state index in [0.717, 1.165) is 31.9 Å². The quantitative estimate of drug-likeness (QED) is 0.408. The van der Waals surface area contributed by atoms with Gasteiger partial charge in [0.15, 0.2) is 17.4 Å². The van der Waals surface area contributed by atoms with Crippen molar-refractivity contribution < 1.29 is 4.79 Å². The Bertz CT molecular complexity index is 1480. The van der Waals surface area contributed by atoms with Crippen LogP contribution in [0.15, 0.2) is 47.9 Å². The summed E-state index contributed by atoms with van der Waals surface area (Å²) in [5.41, 5.74) is 1.53. The van der Waals surface area contributed by atoms with Crippen molar-refractivity contribution in [3.63, 3.8) is 0 Å². The zero-order valence-corrected chi connectivity index (χ0v) is 24.2. The van der Waals surface area contributed by atoms with Gasteiger partial charge in [-0.25, -0.2) is 19.7 Å². The number of Topliss-reactive ketones (excluding diaryl/α,β-unsaturated/α-hetero) is 1. The second-order valence-corrected chi connectivity index (χ2v) is 10.9. The molecule has 11 nitrogen and oxygen atoms in total. The molecule has 2 aliphatic rings. The molecule has 0 bridgehead atoms. The molecule has 1 N–H and O–H groups in total. The lowest BCUT2D eigenvalue weighted by atomic mass is 10.1. The average Bonchev–Trinajstić information content (AvgIpc) is 2.90. The number of nitrogens with one attached hydrogen (secondary N) is 1. The molecule has 0 spiro atoms. The van der Waals surface area contributed by atoms with E-state index in [4.69, 9.17) is 28.2 Å². The number of ketones is 1. The van der Waals surface area contributed by atoms with Gasteiger partial charge in [-0.3, -0.25) is 9.59 Å². The number of carbonyl (C=O) groups is 1. The topological polar surface area (TPSA) is 103 Å². The van der Waals surface area contributed by atoms with Crippen LogP contribution in [0.5, 0.6) is 0 Å². The molecule has 1 saturated heterocycles. The number of fused-ring (bicyclic) bond motifs is 1. The molecule has 0 aliphatic carbocycles. The normalized spacial score (nSPS) is 16.4. The van der Waals surface area contributed by atoms with Crippen LogP contribution in [-0.4, -0.2) is 81.8 Å². The summed E-state index contributed by atoms with van der Waals surface area (Å²) in [6.45, 7) is 11.5. The third-order valence-corrected chi connectivity index (χ3v) is 7.40. The van der Waals surface area contributed by atoms with E-state index in [2.05, 4.69) is 38.8 Å². The zero-order chi connectivity index (χ0) is 28.6. The van der Waals surface area contributed by atoms with Crippen molar-refractivity contribution >= 4 is 57.9 Å². The Morgan fingerprint density at radius 1 is 1.10 bits per heavy atom. The molecule has 210 valence electrons. The molecule has 0 unspecified atom stereocenters. The predicted molar refractivity (Wildman–Crippen MR) is 159 cm³/mol. The van der Waals surface area contributed by atoms with E-state index in [0.29, 0.717) is 39.5 Å². The van der Waals surface area contributed by atoms with Crippen molar-refractivity contribution in [3.8, 4) is 0 Å². The first-order valence-electron chi connectivity index (χ1n) is 13.0. The largest absolute Gasteiger partial charge is 0.367 e. The minimum Gasteiger partial charge on any atom is -0.367 e. The third-order valence-electron chi connectivity index (χ3n) is 6.83. The summed E-state index contributed by atoms with van der Waals surface area (Å²) >= 11 is 13.4. The number of hydrazine groups is 1. The molecule has 0 amide bonds. The molecular formula is C27H31Cl2N9O2. The van der Waals surface area contributed by atoms with Crippen LogP contribution in [0.25, 0.3) is 0 Å². The van der Waals surface area contributed by atoms with Crippen molar-refractivity contribution in [1.82, 2.24) is 29.7 Å². The van der Waals surface area contributed by atoms with Crippen LogP contribution < -0.4 is 20.8 Å². The minimum atomic E-state index is -0.221. The van der Waals surface area contributed by atoms with Gasteiger partial charge in [0.25, 0.3) is 5.56 Å². The number of nitrogens with zero attached hydrogens (tertiary/aromatic N) is 8. The lowest BCUT2D eigenvalue weighted by molar-refractivity contribution is 0.0919. The smallest absolute Gasteiger partial charge is 0.267 e. The molecule has 0 atom stereocenters. The summed E-state index contributed by atoms with van der Waals surface area (Å²) in [5.74, 6) is 0.882. The van der Waals surface area contributed by atoms with Crippen molar-refractivity contribution in [2.75, 3.05) is 61.5 Å². The number of piperazine rings is 1. The molecule has 40 heavy (non-hydrogen) atoms. The molecule has 1 aromatic carbocycles. The second kappa shape index (κ2) is 11.5. The van der Waals surface area contributed by atoms with Crippen LogP contribution in [0.4, 0.5) is 29.0 Å². The number of hydrogen-bond acceptors (Lipinski definition) is 10. The van der Waals surface area contributed by atoms with Gasteiger partial charge >= 0.3 is 0 Å². The molecule has 13 heteroatoms. The lowest BCUT2D eigenvalue weighted by Crippen LogP contribution is -2.48. The first-order chi connectivity index (χ1) is 19.2. The van der Waals surface area contributed by atoms with Crippen molar-refractivity contribution in [2.45, 2.75) is 19.9 Å². The number of halogens is 2. The summed E-state index contributed by atoms with van der Waals surface area (Å²) in [5, 5.41) is 12.3. The minimum absolute atomic E-state index is 0.0800. The molecule has 3 aromatic rings. The van der Waals surface area contributed by atoms with Gasteiger partial charge in [-0.2, -0.15) is 4.98 Å². The van der Waals surface area contributed by atoms with Crippen molar-refractivity contribution in [1.29, 1.82) is 0 Å². The molecule has 2 aliphatic heterocycles. The Labute approximate surface area is 242 Å². The Balaban J connectivity index is 1.51. The van der Waals surface area contributed by atoms with Gasteiger partial charge in [0.2, 0.25) is 5.95 Å². The van der Waals surface area contributed by atoms with Crippen LogP contribution in [0.2, 0.25) is 10.0 Å². The highest BCUT2D eigenvalue weighted by Gasteiger charge is 2.33. The van der Waals surface area contributed by atoms with E-state index in [-0.39, 0.29) is 29.9 Å². The number of anilines is 5. The number of likely N-dealkylation sites (N-methyl/N-ethyl adjacent to an activating group) is 1. The van der Waals surface area contributed by atoms with E-state index in [1.54, 1.807) is 34.3 Å². The fourth-order valence-corrected chi connectivity index (χ4v) is 5.52. The SMILES string of the molecule is C=CCN1CC(=O)c2cnc(Nc3cc(Cl)c(N4CCN(C)CC4)c(Cl)c3)nc2N1c1ccc(=O)n(C(C)C)n1. The maximum absolute atomic E-state index is 13.0. The number of hydrogen-bond donors (Lipinski definition) is 1. The van der Waals surface area contributed by atoms with E-state index in [9.17, 15) is 9.59 Å². The molecule has 4 heterocycles. The maximum Gasteiger partial charge on any atom is 0.267 e. The van der Waals surface area contributed by atoms with Gasteiger partial charge in [0.1, 0.15) is 0 Å². The van der Waals surface area contributed by atoms with Gasteiger partial charge in [-0.05, 0) is 39.1 Å². The fourth-order valence-electron chi connectivity index (χ4n) is 4.79. The summed E-state index contributed by atoms with van der Waals surface area (Å²) < 4.78 is 1.39. The van der Waals surface area contributed by atoms with Gasteiger partial charge < -0.3 is 15.1 Å². The Morgan fingerprint density at radius 2 is 1.80 bits per heavy atom. The van der Waals surface area contributed by atoms with Crippen molar-refractivity contribution in [3.05, 3.63) is 69.1 Å². The van der Waals surface area contributed by atoms with E-state index >= 15 is 0 Å². The standard InChI is InChI=1S/C27H31Cl2N9O2/c1-5-8-36-16-22(39)19-15-30-27(32-26(19)38(36)23-6-7-24(40)37(33-23)17(2)3)31-18-13-20(28)25(21(29)14-18)35-11-9-34(4)10-12-35/h5-7,13-15,17H,1,8-12,16H2,2-4H3,(H,30,31,32). The van der Waals surface area contributed by atoms with E-state index < -0.39 is 0 Å². The summed E-state index contributed by atoms with van der Waals surface area (Å²) in [6, 6.07) is 6.49. The number of benzene rings is 1. The molecule has 1 fully saturated rings. The van der Waals surface area contributed by atoms with Crippen molar-refractivity contribution in [2.24, 2.45) is 0 Å². The zero-order valence-electron chi connectivity index (χ0n) is 22.6. The fraction of sp³-hybridized carbons (Fsp3) is 0.370. The van der Waals surface area contributed by atoms with Crippen LogP contribution in [0, 0.1) is 0 Å². The molecule has 5 rings (SSSR count).